The minimum atomic E-state index is 0.672. The highest BCUT2D eigenvalue weighted by molar-refractivity contribution is 7.14. The molecule has 2 aromatic heterocycles. The molecule has 1 N–H and O–H groups in total. The standard InChI is InChI=1S/C16H19N3OS/c1-11(2)10-17-8-7-15-18-19-16(21-15)14-9-12-5-3-4-6-13(12)20-14/h3-6,9,11,17H,7-8,10H2,1-2H3. The van der Waals surface area contributed by atoms with Crippen LogP contribution < -0.4 is 5.32 Å². The van der Waals surface area contributed by atoms with Crippen molar-refractivity contribution in [2.75, 3.05) is 13.1 Å². The van der Waals surface area contributed by atoms with Crippen molar-refractivity contribution in [2.45, 2.75) is 20.3 Å². The summed E-state index contributed by atoms with van der Waals surface area (Å²) in [7, 11) is 0. The van der Waals surface area contributed by atoms with Gasteiger partial charge in [0.25, 0.3) is 0 Å². The second-order valence-electron chi connectivity index (χ2n) is 5.50. The number of fused-ring (bicyclic) bond motifs is 1. The molecule has 0 unspecified atom stereocenters. The Morgan fingerprint density at radius 1 is 1.24 bits per heavy atom. The van der Waals surface area contributed by atoms with Crippen molar-refractivity contribution >= 4 is 22.3 Å². The molecule has 0 aliphatic carbocycles. The summed E-state index contributed by atoms with van der Waals surface area (Å²) in [6, 6.07) is 10.0. The first-order valence-corrected chi connectivity index (χ1v) is 8.06. The van der Waals surface area contributed by atoms with E-state index in [9.17, 15) is 0 Å². The molecule has 3 aromatic rings. The number of aromatic nitrogens is 2. The highest BCUT2D eigenvalue weighted by Crippen LogP contribution is 2.29. The van der Waals surface area contributed by atoms with Gasteiger partial charge in [-0.05, 0) is 24.6 Å². The first-order valence-electron chi connectivity index (χ1n) is 7.24. The molecule has 2 heterocycles. The molecule has 0 spiro atoms. The van der Waals surface area contributed by atoms with Gasteiger partial charge in [-0.2, -0.15) is 0 Å². The predicted octanol–water partition coefficient (Wildman–Crippen LogP) is 3.74. The maximum atomic E-state index is 5.82. The van der Waals surface area contributed by atoms with Gasteiger partial charge in [0.1, 0.15) is 10.6 Å². The molecule has 0 aliphatic rings. The largest absolute Gasteiger partial charge is 0.453 e. The Morgan fingerprint density at radius 2 is 2.10 bits per heavy atom. The van der Waals surface area contributed by atoms with Crippen LogP contribution in [0.15, 0.2) is 34.7 Å². The van der Waals surface area contributed by atoms with E-state index >= 15 is 0 Å². The number of hydrogen-bond donors (Lipinski definition) is 1. The summed E-state index contributed by atoms with van der Waals surface area (Å²) in [6.07, 6.45) is 0.907. The SMILES string of the molecule is CC(C)CNCCc1nnc(-c2cc3ccccc3o2)s1. The van der Waals surface area contributed by atoms with Crippen molar-refractivity contribution in [3.63, 3.8) is 0 Å². The maximum Gasteiger partial charge on any atom is 0.183 e. The zero-order chi connectivity index (χ0) is 14.7. The Labute approximate surface area is 128 Å². The minimum absolute atomic E-state index is 0.672. The highest BCUT2D eigenvalue weighted by Gasteiger charge is 2.11. The molecule has 0 aliphatic heterocycles. The van der Waals surface area contributed by atoms with E-state index in [4.69, 9.17) is 4.42 Å². The summed E-state index contributed by atoms with van der Waals surface area (Å²) >= 11 is 1.60. The minimum Gasteiger partial charge on any atom is -0.453 e. The molecule has 110 valence electrons. The van der Waals surface area contributed by atoms with Gasteiger partial charge in [-0.15, -0.1) is 10.2 Å². The summed E-state index contributed by atoms with van der Waals surface area (Å²) < 4.78 is 5.82. The van der Waals surface area contributed by atoms with Crippen LogP contribution in [-0.2, 0) is 6.42 Å². The van der Waals surface area contributed by atoms with Gasteiger partial charge in [0.05, 0.1) is 0 Å². The topological polar surface area (TPSA) is 51.0 Å². The molecule has 1 aromatic carbocycles. The van der Waals surface area contributed by atoms with Crippen LogP contribution in [0.3, 0.4) is 0 Å². The van der Waals surface area contributed by atoms with Gasteiger partial charge in [0, 0.05) is 18.4 Å². The van der Waals surface area contributed by atoms with E-state index in [2.05, 4.69) is 29.4 Å². The van der Waals surface area contributed by atoms with Gasteiger partial charge in [-0.3, -0.25) is 0 Å². The van der Waals surface area contributed by atoms with Crippen LogP contribution in [0.4, 0.5) is 0 Å². The predicted molar refractivity (Wildman–Crippen MR) is 86.5 cm³/mol. The Kier molecular flexibility index (Phi) is 4.31. The van der Waals surface area contributed by atoms with Gasteiger partial charge in [0.2, 0.25) is 0 Å². The van der Waals surface area contributed by atoms with Crippen molar-refractivity contribution in [2.24, 2.45) is 5.92 Å². The van der Waals surface area contributed by atoms with Crippen LogP contribution in [0, 0.1) is 5.92 Å². The number of rotatable bonds is 6. The van der Waals surface area contributed by atoms with E-state index in [0.29, 0.717) is 5.92 Å². The van der Waals surface area contributed by atoms with Crippen molar-refractivity contribution in [3.05, 3.63) is 35.3 Å². The van der Waals surface area contributed by atoms with Crippen LogP contribution >= 0.6 is 11.3 Å². The first kappa shape index (κ1) is 14.2. The Hall–Kier alpha value is -1.72. The lowest BCUT2D eigenvalue weighted by molar-refractivity contribution is 0.553. The molecule has 0 radical (unpaired) electrons. The molecular weight excluding hydrogens is 282 g/mol. The summed E-state index contributed by atoms with van der Waals surface area (Å²) in [6.45, 7) is 6.39. The summed E-state index contributed by atoms with van der Waals surface area (Å²) in [5, 5.41) is 14.9. The molecule has 0 bridgehead atoms. The van der Waals surface area contributed by atoms with E-state index in [1.54, 1.807) is 11.3 Å². The smallest absolute Gasteiger partial charge is 0.183 e. The molecule has 21 heavy (non-hydrogen) atoms. The van der Waals surface area contributed by atoms with Crippen molar-refractivity contribution < 1.29 is 4.42 Å². The van der Waals surface area contributed by atoms with Gasteiger partial charge < -0.3 is 9.73 Å². The Bertz CT molecular complexity index is 684. The molecule has 0 saturated carbocycles. The second kappa shape index (κ2) is 6.37. The zero-order valence-electron chi connectivity index (χ0n) is 12.3. The van der Waals surface area contributed by atoms with Crippen LogP contribution in [0.2, 0.25) is 0 Å². The van der Waals surface area contributed by atoms with Gasteiger partial charge in [0.15, 0.2) is 10.8 Å². The number of para-hydroxylation sites is 1. The monoisotopic (exact) mass is 301 g/mol. The molecule has 0 amide bonds. The Morgan fingerprint density at radius 3 is 2.90 bits per heavy atom. The number of hydrogen-bond acceptors (Lipinski definition) is 5. The highest BCUT2D eigenvalue weighted by atomic mass is 32.1. The lowest BCUT2D eigenvalue weighted by atomic mass is 10.2. The molecule has 3 rings (SSSR count). The molecular formula is C16H19N3OS. The fourth-order valence-corrected chi connectivity index (χ4v) is 2.92. The van der Waals surface area contributed by atoms with E-state index in [0.717, 1.165) is 46.3 Å². The van der Waals surface area contributed by atoms with Crippen molar-refractivity contribution in [1.82, 2.24) is 15.5 Å². The van der Waals surface area contributed by atoms with E-state index in [1.807, 2.05) is 30.3 Å². The lowest BCUT2D eigenvalue weighted by Gasteiger charge is -2.04. The fraction of sp³-hybridized carbons (Fsp3) is 0.375. The van der Waals surface area contributed by atoms with Gasteiger partial charge in [-0.25, -0.2) is 0 Å². The maximum absolute atomic E-state index is 5.82. The van der Waals surface area contributed by atoms with Gasteiger partial charge >= 0.3 is 0 Å². The normalized spacial score (nSPS) is 11.6. The van der Waals surface area contributed by atoms with Crippen LogP contribution in [0.1, 0.15) is 18.9 Å². The van der Waals surface area contributed by atoms with Crippen LogP contribution in [0.25, 0.3) is 21.7 Å². The van der Waals surface area contributed by atoms with Crippen LogP contribution in [-0.4, -0.2) is 23.3 Å². The molecule has 0 saturated heterocycles. The second-order valence-corrected chi connectivity index (χ2v) is 6.56. The number of nitrogens with one attached hydrogen (secondary N) is 1. The molecule has 0 fully saturated rings. The molecule has 4 nitrogen and oxygen atoms in total. The van der Waals surface area contributed by atoms with E-state index in [-0.39, 0.29) is 0 Å². The quantitative estimate of drug-likeness (QED) is 0.705. The third-order valence-electron chi connectivity index (χ3n) is 3.17. The third kappa shape index (κ3) is 3.49. The van der Waals surface area contributed by atoms with E-state index in [1.165, 1.54) is 0 Å². The summed E-state index contributed by atoms with van der Waals surface area (Å²) in [4.78, 5) is 0. The number of benzene rings is 1. The fourth-order valence-electron chi connectivity index (χ4n) is 2.13. The van der Waals surface area contributed by atoms with Crippen LogP contribution in [0.5, 0.6) is 0 Å². The average molecular weight is 301 g/mol. The lowest BCUT2D eigenvalue weighted by Crippen LogP contribution is -2.22. The summed E-state index contributed by atoms with van der Waals surface area (Å²) in [5.74, 6) is 1.47. The molecule has 0 atom stereocenters. The van der Waals surface area contributed by atoms with Gasteiger partial charge in [-0.1, -0.05) is 43.4 Å². The van der Waals surface area contributed by atoms with Crippen molar-refractivity contribution in [3.8, 4) is 10.8 Å². The van der Waals surface area contributed by atoms with Crippen molar-refractivity contribution in [1.29, 1.82) is 0 Å². The number of furan rings is 1. The number of nitrogens with zero attached hydrogens (tertiary/aromatic N) is 2. The first-order chi connectivity index (χ1) is 10.2. The third-order valence-corrected chi connectivity index (χ3v) is 4.17. The Balaban J connectivity index is 1.66. The zero-order valence-corrected chi connectivity index (χ0v) is 13.1. The summed E-state index contributed by atoms with van der Waals surface area (Å²) in [5.41, 5.74) is 0.892. The van der Waals surface area contributed by atoms with E-state index < -0.39 is 0 Å². The molecule has 5 heteroatoms. The average Bonchev–Trinajstić information content (AvgIpc) is 3.09.